The van der Waals surface area contributed by atoms with Crippen molar-refractivity contribution in [1.82, 2.24) is 4.90 Å². The van der Waals surface area contributed by atoms with E-state index in [0.29, 0.717) is 31.6 Å². The predicted molar refractivity (Wildman–Crippen MR) is 104 cm³/mol. The predicted octanol–water partition coefficient (Wildman–Crippen LogP) is 4.48. The third-order valence-corrected chi connectivity index (χ3v) is 5.17. The van der Waals surface area contributed by atoms with E-state index in [1.807, 2.05) is 6.92 Å². The van der Waals surface area contributed by atoms with Gasteiger partial charge in [-0.1, -0.05) is 19.1 Å². The number of halogens is 2. The van der Waals surface area contributed by atoms with Gasteiger partial charge in [-0.2, -0.15) is 0 Å². The Morgan fingerprint density at radius 2 is 1.64 bits per heavy atom. The highest BCUT2D eigenvalue weighted by Gasteiger charge is 2.30. The smallest absolute Gasteiger partial charge is 0.321 e. The van der Waals surface area contributed by atoms with Crippen molar-refractivity contribution in [3.63, 3.8) is 0 Å². The molecule has 0 spiro atoms. The van der Waals surface area contributed by atoms with Crippen LogP contribution in [-0.4, -0.2) is 29.9 Å². The van der Waals surface area contributed by atoms with E-state index in [0.717, 1.165) is 0 Å². The van der Waals surface area contributed by atoms with Crippen molar-refractivity contribution in [2.45, 2.75) is 19.8 Å². The molecule has 1 aliphatic rings. The van der Waals surface area contributed by atoms with Gasteiger partial charge in [0.1, 0.15) is 11.6 Å². The molecule has 0 radical (unpaired) electrons. The first-order valence-corrected chi connectivity index (χ1v) is 9.31. The second-order valence-corrected chi connectivity index (χ2v) is 7.02. The Labute approximate surface area is 162 Å². The molecule has 1 aliphatic heterocycles. The molecule has 1 fully saturated rings. The van der Waals surface area contributed by atoms with Crippen LogP contribution in [0.5, 0.6) is 0 Å². The Hall–Kier alpha value is -2.96. The van der Waals surface area contributed by atoms with Gasteiger partial charge < -0.3 is 15.5 Å². The van der Waals surface area contributed by atoms with E-state index in [1.54, 1.807) is 17.0 Å². The van der Waals surface area contributed by atoms with Crippen LogP contribution in [0, 0.1) is 23.5 Å². The Bertz CT molecular complexity index is 834. The van der Waals surface area contributed by atoms with E-state index in [1.165, 1.54) is 36.4 Å². The summed E-state index contributed by atoms with van der Waals surface area (Å²) in [5.74, 6) is -1.22. The zero-order chi connectivity index (χ0) is 20.1. The lowest BCUT2D eigenvalue weighted by Gasteiger charge is -2.34. The van der Waals surface area contributed by atoms with Gasteiger partial charge in [0, 0.05) is 24.7 Å². The fourth-order valence-electron chi connectivity index (χ4n) is 3.36. The van der Waals surface area contributed by atoms with Crippen LogP contribution in [0.15, 0.2) is 48.5 Å². The number of carbonyl (C=O) groups excluding carboxylic acids is 2. The molecule has 1 heterocycles. The van der Waals surface area contributed by atoms with Gasteiger partial charge in [0.15, 0.2) is 0 Å². The summed E-state index contributed by atoms with van der Waals surface area (Å²) in [7, 11) is 0. The summed E-state index contributed by atoms with van der Waals surface area (Å²) in [6, 6.07) is 11.4. The molecule has 5 nitrogen and oxygen atoms in total. The summed E-state index contributed by atoms with van der Waals surface area (Å²) in [6.07, 6.45) is 1.37. The summed E-state index contributed by atoms with van der Waals surface area (Å²) >= 11 is 0. The first kappa shape index (κ1) is 19.8. The summed E-state index contributed by atoms with van der Waals surface area (Å²) in [6.45, 7) is 2.87. The number of urea groups is 1. The fraction of sp³-hybridized carbons (Fsp3) is 0.333. The number of piperidine rings is 1. The van der Waals surface area contributed by atoms with Gasteiger partial charge in [-0.05, 0) is 55.2 Å². The van der Waals surface area contributed by atoms with Crippen LogP contribution >= 0.6 is 0 Å². The second-order valence-electron chi connectivity index (χ2n) is 7.02. The number of para-hydroxylation sites is 1. The normalized spacial score (nSPS) is 15.8. The van der Waals surface area contributed by atoms with Gasteiger partial charge in [-0.25, -0.2) is 13.6 Å². The van der Waals surface area contributed by atoms with Crippen molar-refractivity contribution in [1.29, 1.82) is 0 Å². The number of rotatable bonds is 4. The minimum Gasteiger partial charge on any atom is -0.325 e. The number of likely N-dealkylation sites (tertiary alicyclic amines) is 1. The summed E-state index contributed by atoms with van der Waals surface area (Å²) in [5.41, 5.74) is 0.710. The van der Waals surface area contributed by atoms with E-state index in [9.17, 15) is 18.4 Å². The SMILES string of the molecule is C[C@@H](C(=O)Nc1ccccc1F)C1CCN(C(=O)Nc2ccc(F)cc2)CC1. The standard InChI is InChI=1S/C21H23F2N3O2/c1-14(20(27)25-19-5-3-2-4-18(19)23)15-10-12-26(13-11-15)21(28)24-17-8-6-16(22)7-9-17/h2-9,14-15H,10-13H2,1H3,(H,24,28)(H,25,27)/t14-/m1/s1. The molecule has 3 amide bonds. The van der Waals surface area contributed by atoms with E-state index >= 15 is 0 Å². The zero-order valence-corrected chi connectivity index (χ0v) is 15.6. The van der Waals surface area contributed by atoms with Gasteiger partial charge in [0.2, 0.25) is 5.91 Å². The Morgan fingerprint density at radius 1 is 1.00 bits per heavy atom. The summed E-state index contributed by atoms with van der Waals surface area (Å²) in [5, 5.41) is 5.38. The molecule has 7 heteroatoms. The molecular weight excluding hydrogens is 364 g/mol. The zero-order valence-electron chi connectivity index (χ0n) is 15.6. The highest BCUT2D eigenvalue weighted by Crippen LogP contribution is 2.27. The van der Waals surface area contributed by atoms with Crippen LogP contribution in [0.25, 0.3) is 0 Å². The van der Waals surface area contributed by atoms with Crippen molar-refractivity contribution in [3.8, 4) is 0 Å². The maximum Gasteiger partial charge on any atom is 0.321 e. The Kier molecular flexibility index (Phi) is 6.23. The maximum atomic E-state index is 13.7. The van der Waals surface area contributed by atoms with Crippen LogP contribution in [0.2, 0.25) is 0 Å². The minimum absolute atomic E-state index is 0.113. The number of hydrogen-bond donors (Lipinski definition) is 2. The average Bonchev–Trinajstić information content (AvgIpc) is 2.71. The summed E-state index contributed by atoms with van der Waals surface area (Å²) < 4.78 is 26.7. The first-order valence-electron chi connectivity index (χ1n) is 9.31. The largest absolute Gasteiger partial charge is 0.325 e. The van der Waals surface area contributed by atoms with Crippen LogP contribution in [0.3, 0.4) is 0 Å². The van der Waals surface area contributed by atoms with Crippen LogP contribution in [0.1, 0.15) is 19.8 Å². The van der Waals surface area contributed by atoms with Crippen molar-refractivity contribution < 1.29 is 18.4 Å². The lowest BCUT2D eigenvalue weighted by Crippen LogP contribution is -2.43. The molecule has 2 aromatic carbocycles. The van der Waals surface area contributed by atoms with Gasteiger partial charge in [-0.15, -0.1) is 0 Å². The van der Waals surface area contributed by atoms with E-state index in [4.69, 9.17) is 0 Å². The first-order chi connectivity index (χ1) is 13.4. The number of benzene rings is 2. The lowest BCUT2D eigenvalue weighted by molar-refractivity contribution is -0.121. The van der Waals surface area contributed by atoms with E-state index in [2.05, 4.69) is 10.6 Å². The Balaban J connectivity index is 1.50. The molecule has 28 heavy (non-hydrogen) atoms. The number of anilines is 2. The number of hydrogen-bond acceptors (Lipinski definition) is 2. The minimum atomic E-state index is -0.463. The van der Waals surface area contributed by atoms with Crippen molar-refractivity contribution in [3.05, 3.63) is 60.2 Å². The van der Waals surface area contributed by atoms with Crippen molar-refractivity contribution >= 4 is 23.3 Å². The number of nitrogens with one attached hydrogen (secondary N) is 2. The molecule has 0 bridgehead atoms. The van der Waals surface area contributed by atoms with Gasteiger partial charge in [-0.3, -0.25) is 4.79 Å². The molecule has 0 saturated carbocycles. The molecule has 3 rings (SSSR count). The van der Waals surface area contributed by atoms with Gasteiger partial charge >= 0.3 is 6.03 Å². The lowest BCUT2D eigenvalue weighted by atomic mass is 9.85. The monoisotopic (exact) mass is 387 g/mol. The molecule has 1 saturated heterocycles. The molecule has 148 valence electrons. The third kappa shape index (κ3) is 4.85. The van der Waals surface area contributed by atoms with Crippen molar-refractivity contribution in [2.75, 3.05) is 23.7 Å². The van der Waals surface area contributed by atoms with Crippen LogP contribution in [0.4, 0.5) is 25.0 Å². The third-order valence-electron chi connectivity index (χ3n) is 5.17. The molecule has 2 N–H and O–H groups in total. The van der Waals surface area contributed by atoms with Gasteiger partial charge in [0.05, 0.1) is 5.69 Å². The van der Waals surface area contributed by atoms with E-state index in [-0.39, 0.29) is 35.3 Å². The molecule has 0 unspecified atom stereocenters. The number of carbonyl (C=O) groups is 2. The van der Waals surface area contributed by atoms with Crippen LogP contribution < -0.4 is 10.6 Å². The molecule has 0 aliphatic carbocycles. The number of amides is 3. The molecule has 0 aromatic heterocycles. The molecular formula is C21H23F2N3O2. The van der Waals surface area contributed by atoms with E-state index < -0.39 is 5.82 Å². The topological polar surface area (TPSA) is 61.4 Å². The Morgan fingerprint density at radius 3 is 2.29 bits per heavy atom. The second kappa shape index (κ2) is 8.82. The maximum absolute atomic E-state index is 13.7. The van der Waals surface area contributed by atoms with Crippen LogP contribution in [-0.2, 0) is 4.79 Å². The van der Waals surface area contributed by atoms with Gasteiger partial charge in [0.25, 0.3) is 0 Å². The highest BCUT2D eigenvalue weighted by molar-refractivity contribution is 5.92. The van der Waals surface area contributed by atoms with Crippen molar-refractivity contribution in [2.24, 2.45) is 11.8 Å². The average molecular weight is 387 g/mol. The number of nitrogens with zero attached hydrogens (tertiary/aromatic N) is 1. The quantitative estimate of drug-likeness (QED) is 0.812. The highest BCUT2D eigenvalue weighted by atomic mass is 19.1. The summed E-state index contributed by atoms with van der Waals surface area (Å²) in [4.78, 5) is 26.5. The molecule has 1 atom stereocenters. The fourth-order valence-corrected chi connectivity index (χ4v) is 3.36. The molecule has 2 aromatic rings.